The van der Waals surface area contributed by atoms with E-state index in [1.165, 1.54) is 12.1 Å². The highest BCUT2D eigenvalue weighted by molar-refractivity contribution is 6.24. The number of nitrogens with one attached hydrogen (secondary N) is 1. The number of carbonyl (C=O) groups is 3. The van der Waals surface area contributed by atoms with Crippen LogP contribution in [0.15, 0.2) is 60.9 Å². The standard InChI is InChI=1S/C21H17N5O5/c1-24-11-10-22-19(24)18(13-6-3-2-4-7-13)23-16(27)12-25-20(28)14-8-5-9-15(26(30)31)17(14)21(25)29/h2-11,18H,12H2,1H3,(H,23,27). The van der Waals surface area contributed by atoms with Crippen molar-refractivity contribution in [3.63, 3.8) is 0 Å². The van der Waals surface area contributed by atoms with Crippen LogP contribution in [0.4, 0.5) is 5.69 Å². The molecule has 0 radical (unpaired) electrons. The zero-order chi connectivity index (χ0) is 22.1. The predicted molar refractivity (Wildman–Crippen MR) is 108 cm³/mol. The molecule has 10 heteroatoms. The number of amides is 3. The average Bonchev–Trinajstić information content (AvgIpc) is 3.29. The zero-order valence-corrected chi connectivity index (χ0v) is 16.4. The van der Waals surface area contributed by atoms with Gasteiger partial charge in [-0.25, -0.2) is 4.98 Å². The number of nitro benzene ring substituents is 1. The van der Waals surface area contributed by atoms with Crippen LogP contribution in [-0.2, 0) is 11.8 Å². The lowest BCUT2D eigenvalue weighted by atomic mass is 10.1. The molecule has 10 nitrogen and oxygen atoms in total. The first-order chi connectivity index (χ1) is 14.9. The van der Waals surface area contributed by atoms with Gasteiger partial charge in [0.15, 0.2) is 0 Å². The molecule has 0 fully saturated rings. The topological polar surface area (TPSA) is 127 Å². The van der Waals surface area contributed by atoms with E-state index in [0.717, 1.165) is 11.6 Å². The number of carbonyl (C=O) groups excluding carboxylic acids is 3. The van der Waals surface area contributed by atoms with E-state index >= 15 is 0 Å². The van der Waals surface area contributed by atoms with Gasteiger partial charge >= 0.3 is 0 Å². The van der Waals surface area contributed by atoms with Crippen molar-refractivity contribution in [3.8, 4) is 0 Å². The number of imide groups is 1. The van der Waals surface area contributed by atoms with E-state index in [9.17, 15) is 24.5 Å². The van der Waals surface area contributed by atoms with Gasteiger partial charge in [0, 0.05) is 25.5 Å². The first-order valence-electron chi connectivity index (χ1n) is 9.33. The maximum atomic E-state index is 12.8. The van der Waals surface area contributed by atoms with Crippen molar-refractivity contribution in [2.75, 3.05) is 6.54 Å². The third-order valence-corrected chi connectivity index (χ3v) is 5.03. The van der Waals surface area contributed by atoms with Crippen molar-refractivity contribution in [2.45, 2.75) is 6.04 Å². The molecule has 1 atom stereocenters. The van der Waals surface area contributed by atoms with Gasteiger partial charge < -0.3 is 9.88 Å². The zero-order valence-electron chi connectivity index (χ0n) is 16.4. The van der Waals surface area contributed by atoms with E-state index in [1.54, 1.807) is 24.0 Å². The Hall–Kier alpha value is -4.34. The van der Waals surface area contributed by atoms with E-state index < -0.39 is 40.9 Å². The molecular formula is C21H17N5O5. The lowest BCUT2D eigenvalue weighted by Crippen LogP contribution is -2.42. The van der Waals surface area contributed by atoms with Crippen molar-refractivity contribution in [1.82, 2.24) is 19.8 Å². The predicted octanol–water partition coefficient (Wildman–Crippen LogP) is 1.83. The molecule has 31 heavy (non-hydrogen) atoms. The number of hydrogen-bond acceptors (Lipinski definition) is 6. The monoisotopic (exact) mass is 419 g/mol. The molecule has 1 aliphatic heterocycles. The lowest BCUT2D eigenvalue weighted by Gasteiger charge is -2.21. The molecule has 1 N–H and O–H groups in total. The van der Waals surface area contributed by atoms with Gasteiger partial charge in [-0.15, -0.1) is 0 Å². The Kier molecular flexibility index (Phi) is 5.04. The fraction of sp³-hybridized carbons (Fsp3) is 0.143. The largest absolute Gasteiger partial charge is 0.341 e. The number of aromatic nitrogens is 2. The fourth-order valence-electron chi connectivity index (χ4n) is 3.56. The summed E-state index contributed by atoms with van der Waals surface area (Å²) in [5.41, 5.74) is -0.0817. The van der Waals surface area contributed by atoms with Gasteiger partial charge in [-0.2, -0.15) is 0 Å². The molecular weight excluding hydrogens is 402 g/mol. The van der Waals surface area contributed by atoms with Crippen molar-refractivity contribution in [2.24, 2.45) is 7.05 Å². The summed E-state index contributed by atoms with van der Waals surface area (Å²) in [5.74, 6) is -1.64. The molecule has 1 aliphatic rings. The first-order valence-corrected chi connectivity index (χ1v) is 9.33. The number of fused-ring (bicyclic) bond motifs is 1. The van der Waals surface area contributed by atoms with Gasteiger partial charge in [-0.05, 0) is 11.6 Å². The van der Waals surface area contributed by atoms with Crippen LogP contribution in [0.3, 0.4) is 0 Å². The fourth-order valence-corrected chi connectivity index (χ4v) is 3.56. The second-order valence-electron chi connectivity index (χ2n) is 6.96. The van der Waals surface area contributed by atoms with Crippen molar-refractivity contribution < 1.29 is 19.3 Å². The number of nitro groups is 1. The number of imidazole rings is 1. The Morgan fingerprint density at radius 3 is 2.52 bits per heavy atom. The molecule has 156 valence electrons. The summed E-state index contributed by atoms with van der Waals surface area (Å²) in [6.07, 6.45) is 3.33. The van der Waals surface area contributed by atoms with E-state index in [0.29, 0.717) is 10.7 Å². The lowest BCUT2D eigenvalue weighted by molar-refractivity contribution is -0.385. The van der Waals surface area contributed by atoms with Gasteiger partial charge in [0.05, 0.1) is 10.5 Å². The number of benzene rings is 2. The van der Waals surface area contributed by atoms with Crippen LogP contribution in [0, 0.1) is 10.1 Å². The Bertz CT molecular complexity index is 1200. The molecule has 0 spiro atoms. The molecule has 3 aromatic rings. The Morgan fingerprint density at radius 1 is 1.13 bits per heavy atom. The Labute approximate surface area is 176 Å². The summed E-state index contributed by atoms with van der Waals surface area (Å²) < 4.78 is 1.75. The molecule has 0 saturated carbocycles. The van der Waals surface area contributed by atoms with Gasteiger partial charge in [0.25, 0.3) is 17.5 Å². The smallest absolute Gasteiger partial charge is 0.282 e. The summed E-state index contributed by atoms with van der Waals surface area (Å²) in [7, 11) is 1.79. The maximum Gasteiger partial charge on any atom is 0.282 e. The highest BCUT2D eigenvalue weighted by Crippen LogP contribution is 2.30. The minimum absolute atomic E-state index is 0.0873. The molecule has 4 rings (SSSR count). The summed E-state index contributed by atoms with van der Waals surface area (Å²) in [4.78, 5) is 53.7. The number of hydrogen-bond donors (Lipinski definition) is 1. The van der Waals surface area contributed by atoms with Crippen LogP contribution >= 0.6 is 0 Å². The minimum Gasteiger partial charge on any atom is -0.341 e. The molecule has 2 heterocycles. The highest BCUT2D eigenvalue weighted by Gasteiger charge is 2.41. The van der Waals surface area contributed by atoms with Gasteiger partial charge in [0.1, 0.15) is 24.0 Å². The van der Waals surface area contributed by atoms with E-state index in [2.05, 4.69) is 10.3 Å². The normalized spacial score (nSPS) is 13.8. The first kappa shape index (κ1) is 20.0. The Balaban J connectivity index is 1.59. The second kappa shape index (κ2) is 7.82. The van der Waals surface area contributed by atoms with Crippen LogP contribution in [0.1, 0.15) is 38.1 Å². The third kappa shape index (κ3) is 3.54. The van der Waals surface area contributed by atoms with Crippen LogP contribution in [-0.4, -0.2) is 43.6 Å². The van der Waals surface area contributed by atoms with Gasteiger partial charge in [-0.3, -0.25) is 29.4 Å². The molecule has 0 aliphatic carbocycles. The van der Waals surface area contributed by atoms with E-state index in [-0.39, 0.29) is 11.1 Å². The number of nitrogens with zero attached hydrogens (tertiary/aromatic N) is 4. The molecule has 1 unspecified atom stereocenters. The summed E-state index contributed by atoms with van der Waals surface area (Å²) in [5, 5.41) is 14.0. The molecule has 1 aromatic heterocycles. The molecule has 0 bridgehead atoms. The summed E-state index contributed by atoms with van der Waals surface area (Å²) >= 11 is 0. The molecule has 3 amide bonds. The highest BCUT2D eigenvalue weighted by atomic mass is 16.6. The van der Waals surface area contributed by atoms with Crippen molar-refractivity contribution >= 4 is 23.4 Å². The summed E-state index contributed by atoms with van der Waals surface area (Å²) in [6, 6.07) is 12.3. The molecule has 2 aromatic carbocycles. The minimum atomic E-state index is -0.865. The quantitative estimate of drug-likeness (QED) is 0.369. The SMILES string of the molecule is Cn1ccnc1C(NC(=O)CN1C(=O)c2cccc([N+](=O)[O-])c2C1=O)c1ccccc1. The molecule has 0 saturated heterocycles. The van der Waals surface area contributed by atoms with Crippen molar-refractivity contribution in [3.05, 3.63) is 93.6 Å². The van der Waals surface area contributed by atoms with Gasteiger partial charge in [-0.1, -0.05) is 36.4 Å². The third-order valence-electron chi connectivity index (χ3n) is 5.03. The number of rotatable bonds is 6. The average molecular weight is 419 g/mol. The van der Waals surface area contributed by atoms with E-state index in [1.807, 2.05) is 30.3 Å². The Morgan fingerprint density at radius 2 is 1.87 bits per heavy atom. The van der Waals surface area contributed by atoms with E-state index in [4.69, 9.17) is 0 Å². The van der Waals surface area contributed by atoms with Crippen LogP contribution in [0.2, 0.25) is 0 Å². The number of aryl methyl sites for hydroxylation is 1. The van der Waals surface area contributed by atoms with Crippen LogP contribution in [0.25, 0.3) is 0 Å². The van der Waals surface area contributed by atoms with Crippen LogP contribution in [0.5, 0.6) is 0 Å². The summed E-state index contributed by atoms with van der Waals surface area (Å²) in [6.45, 7) is -0.572. The van der Waals surface area contributed by atoms with Gasteiger partial charge in [0.2, 0.25) is 5.91 Å². The van der Waals surface area contributed by atoms with Crippen LogP contribution < -0.4 is 5.32 Å². The van der Waals surface area contributed by atoms with Crippen molar-refractivity contribution in [1.29, 1.82) is 0 Å². The second-order valence-corrected chi connectivity index (χ2v) is 6.96. The maximum absolute atomic E-state index is 12.8.